The van der Waals surface area contributed by atoms with Crippen LogP contribution in [0.2, 0.25) is 0 Å². The molecule has 2 heterocycles. The first-order valence-corrected chi connectivity index (χ1v) is 9.08. The summed E-state index contributed by atoms with van der Waals surface area (Å²) >= 11 is 0. The first kappa shape index (κ1) is 13.8. The fraction of sp³-hybridized carbons (Fsp3) is 1.00. The first-order chi connectivity index (χ1) is 9.19. The Kier molecular flexibility index (Phi) is 4.12. The van der Waals surface area contributed by atoms with Crippen molar-refractivity contribution >= 4 is 10.2 Å². The summed E-state index contributed by atoms with van der Waals surface area (Å²) in [4.78, 5) is 0. The van der Waals surface area contributed by atoms with Gasteiger partial charge in [0.15, 0.2) is 0 Å². The van der Waals surface area contributed by atoms with Crippen LogP contribution in [0.25, 0.3) is 0 Å². The van der Waals surface area contributed by atoms with Gasteiger partial charge in [0.05, 0.1) is 0 Å². The van der Waals surface area contributed by atoms with Crippen LogP contribution < -0.4 is 5.32 Å². The molecule has 1 saturated carbocycles. The molecule has 0 aromatic heterocycles. The van der Waals surface area contributed by atoms with E-state index in [1.165, 1.54) is 19.3 Å². The monoisotopic (exact) mass is 287 g/mol. The lowest BCUT2D eigenvalue weighted by atomic mass is 9.95. The van der Waals surface area contributed by atoms with Crippen LogP contribution in [0.15, 0.2) is 0 Å². The van der Waals surface area contributed by atoms with Crippen molar-refractivity contribution in [1.82, 2.24) is 13.9 Å². The fourth-order valence-electron chi connectivity index (χ4n) is 3.75. The van der Waals surface area contributed by atoms with E-state index in [9.17, 15) is 8.42 Å². The maximum Gasteiger partial charge on any atom is 0.282 e. The lowest BCUT2D eigenvalue weighted by Crippen LogP contribution is -2.49. The smallest absolute Gasteiger partial charge is 0.282 e. The predicted molar refractivity (Wildman–Crippen MR) is 75.1 cm³/mol. The summed E-state index contributed by atoms with van der Waals surface area (Å²) in [6.07, 6.45) is 7.82. The molecule has 0 bridgehead atoms. The summed E-state index contributed by atoms with van der Waals surface area (Å²) < 4.78 is 29.0. The van der Waals surface area contributed by atoms with E-state index < -0.39 is 10.2 Å². The highest BCUT2D eigenvalue weighted by atomic mass is 32.2. The van der Waals surface area contributed by atoms with Gasteiger partial charge in [-0.3, -0.25) is 0 Å². The first-order valence-electron chi connectivity index (χ1n) is 7.69. The van der Waals surface area contributed by atoms with Crippen LogP contribution in [-0.2, 0) is 10.2 Å². The van der Waals surface area contributed by atoms with Gasteiger partial charge in [-0.15, -0.1) is 0 Å². The minimum absolute atomic E-state index is 0.173. The zero-order chi connectivity index (χ0) is 13.3. The van der Waals surface area contributed by atoms with Crippen molar-refractivity contribution in [2.75, 3.05) is 26.2 Å². The van der Waals surface area contributed by atoms with Crippen LogP contribution in [0.5, 0.6) is 0 Å². The number of hydrogen-bond acceptors (Lipinski definition) is 3. The van der Waals surface area contributed by atoms with Crippen molar-refractivity contribution in [3.63, 3.8) is 0 Å². The van der Waals surface area contributed by atoms with Gasteiger partial charge >= 0.3 is 0 Å². The minimum atomic E-state index is -3.20. The van der Waals surface area contributed by atoms with Gasteiger partial charge in [0.25, 0.3) is 10.2 Å². The lowest BCUT2D eigenvalue weighted by Gasteiger charge is -2.33. The zero-order valence-corrected chi connectivity index (χ0v) is 12.4. The molecule has 19 heavy (non-hydrogen) atoms. The highest BCUT2D eigenvalue weighted by Crippen LogP contribution is 2.30. The van der Waals surface area contributed by atoms with E-state index in [1.807, 2.05) is 0 Å². The largest absolute Gasteiger partial charge is 0.315 e. The van der Waals surface area contributed by atoms with E-state index in [0.29, 0.717) is 13.1 Å². The molecule has 110 valence electrons. The molecule has 2 aliphatic heterocycles. The molecule has 5 nitrogen and oxygen atoms in total. The average Bonchev–Trinajstić information content (AvgIpc) is 2.76. The molecule has 1 unspecified atom stereocenters. The molecule has 3 aliphatic rings. The van der Waals surface area contributed by atoms with Crippen LogP contribution in [-0.4, -0.2) is 55.3 Å². The van der Waals surface area contributed by atoms with Crippen molar-refractivity contribution < 1.29 is 8.42 Å². The summed E-state index contributed by atoms with van der Waals surface area (Å²) in [5.74, 6) is 0. The molecule has 1 atom stereocenters. The van der Waals surface area contributed by atoms with Crippen molar-refractivity contribution in [3.8, 4) is 0 Å². The predicted octanol–water partition coefficient (Wildman–Crippen LogP) is 0.933. The Bertz CT molecular complexity index is 368. The Morgan fingerprint density at radius 1 is 0.842 bits per heavy atom. The van der Waals surface area contributed by atoms with E-state index in [4.69, 9.17) is 0 Å². The summed E-state index contributed by atoms with van der Waals surface area (Å²) in [6.45, 7) is 3.23. The Morgan fingerprint density at radius 3 is 2.11 bits per heavy atom. The van der Waals surface area contributed by atoms with Crippen LogP contribution in [0.3, 0.4) is 0 Å². The van der Waals surface area contributed by atoms with E-state index in [2.05, 4.69) is 5.32 Å². The second-order valence-electron chi connectivity index (χ2n) is 6.02. The Balaban J connectivity index is 1.71. The molecule has 0 radical (unpaired) electrons. The van der Waals surface area contributed by atoms with E-state index in [0.717, 1.165) is 38.8 Å². The maximum absolute atomic E-state index is 12.7. The van der Waals surface area contributed by atoms with Crippen molar-refractivity contribution in [2.24, 2.45) is 0 Å². The van der Waals surface area contributed by atoms with Gasteiger partial charge in [0.1, 0.15) is 0 Å². The Labute approximate surface area is 116 Å². The molecule has 0 spiro atoms. The van der Waals surface area contributed by atoms with E-state index >= 15 is 0 Å². The van der Waals surface area contributed by atoms with Gasteiger partial charge in [-0.05, 0) is 32.2 Å². The third-order valence-corrected chi connectivity index (χ3v) is 6.94. The third-order valence-electron chi connectivity index (χ3n) is 4.79. The molecule has 0 aromatic rings. The second-order valence-corrected chi connectivity index (χ2v) is 7.85. The minimum Gasteiger partial charge on any atom is -0.315 e. The standard InChI is InChI=1S/C13H25N3O2S/c17-19(18)15(12-5-2-1-3-6-12)9-10-16(19)13-7-4-8-14-11-13/h12-14H,1-11H2. The van der Waals surface area contributed by atoms with Gasteiger partial charge in [-0.1, -0.05) is 19.3 Å². The third kappa shape index (κ3) is 2.68. The van der Waals surface area contributed by atoms with Gasteiger partial charge < -0.3 is 5.32 Å². The molecular formula is C13H25N3O2S. The Hall–Kier alpha value is -0.170. The number of rotatable bonds is 2. The quantitative estimate of drug-likeness (QED) is 0.822. The summed E-state index contributed by atoms with van der Waals surface area (Å²) in [5.41, 5.74) is 0. The van der Waals surface area contributed by atoms with Crippen molar-refractivity contribution in [1.29, 1.82) is 0 Å². The number of nitrogens with zero attached hydrogens (tertiary/aromatic N) is 2. The zero-order valence-electron chi connectivity index (χ0n) is 11.6. The molecular weight excluding hydrogens is 262 g/mol. The van der Waals surface area contributed by atoms with E-state index in [1.54, 1.807) is 8.61 Å². The molecule has 0 aromatic carbocycles. The number of piperidine rings is 1. The average molecular weight is 287 g/mol. The molecule has 3 rings (SSSR count). The molecule has 6 heteroatoms. The topological polar surface area (TPSA) is 52.7 Å². The molecule has 2 saturated heterocycles. The molecule has 1 aliphatic carbocycles. The highest BCUT2D eigenvalue weighted by molar-refractivity contribution is 7.87. The molecule has 0 amide bonds. The van der Waals surface area contributed by atoms with E-state index in [-0.39, 0.29) is 12.1 Å². The maximum atomic E-state index is 12.7. The normalized spacial score (nSPS) is 34.6. The summed E-state index contributed by atoms with van der Waals surface area (Å²) in [5, 5.41) is 3.32. The van der Waals surface area contributed by atoms with Gasteiger partial charge in [-0.2, -0.15) is 17.0 Å². The van der Waals surface area contributed by atoms with Crippen LogP contribution in [0, 0.1) is 0 Å². The highest BCUT2D eigenvalue weighted by Gasteiger charge is 2.44. The SMILES string of the molecule is O=S1(=O)N(C2CCCCC2)CCN1C1CCCNC1. The number of nitrogens with one attached hydrogen (secondary N) is 1. The van der Waals surface area contributed by atoms with Crippen molar-refractivity contribution in [2.45, 2.75) is 57.0 Å². The lowest BCUT2D eigenvalue weighted by molar-refractivity contribution is 0.270. The van der Waals surface area contributed by atoms with Gasteiger partial charge in [0, 0.05) is 31.7 Å². The fourth-order valence-corrected chi connectivity index (χ4v) is 5.79. The van der Waals surface area contributed by atoms with Gasteiger partial charge in [-0.25, -0.2) is 0 Å². The van der Waals surface area contributed by atoms with Crippen LogP contribution >= 0.6 is 0 Å². The van der Waals surface area contributed by atoms with Crippen LogP contribution in [0.4, 0.5) is 0 Å². The number of hydrogen-bond donors (Lipinski definition) is 1. The second kappa shape index (κ2) is 5.68. The summed E-state index contributed by atoms with van der Waals surface area (Å²) in [6, 6.07) is 0.438. The summed E-state index contributed by atoms with van der Waals surface area (Å²) in [7, 11) is -3.20. The van der Waals surface area contributed by atoms with Gasteiger partial charge in [0.2, 0.25) is 0 Å². The molecule has 1 N–H and O–H groups in total. The van der Waals surface area contributed by atoms with Crippen LogP contribution in [0.1, 0.15) is 44.9 Å². The van der Waals surface area contributed by atoms with Crippen molar-refractivity contribution in [3.05, 3.63) is 0 Å². The Morgan fingerprint density at radius 2 is 1.47 bits per heavy atom. The molecule has 3 fully saturated rings.